The van der Waals surface area contributed by atoms with Crippen molar-refractivity contribution in [2.75, 3.05) is 13.2 Å². The van der Waals surface area contributed by atoms with Crippen LogP contribution in [0.25, 0.3) is 0 Å². The molecule has 0 unspecified atom stereocenters. The Kier molecular flexibility index (Phi) is 3.54. The van der Waals surface area contributed by atoms with Crippen LogP contribution in [0.2, 0.25) is 0 Å². The maximum atomic E-state index is 5.66. The molecule has 2 nitrogen and oxygen atoms in total. The first-order valence-electron chi connectivity index (χ1n) is 5.29. The van der Waals surface area contributed by atoms with Crippen molar-refractivity contribution in [2.24, 2.45) is 5.92 Å². The second-order valence-corrected chi connectivity index (χ2v) is 3.80. The van der Waals surface area contributed by atoms with Crippen molar-refractivity contribution in [1.82, 2.24) is 0 Å². The molecule has 1 aliphatic heterocycles. The van der Waals surface area contributed by atoms with E-state index < -0.39 is 0 Å². The van der Waals surface area contributed by atoms with Crippen LogP contribution < -0.4 is 0 Å². The molecular weight excluding hydrogens is 188 g/mol. The van der Waals surface area contributed by atoms with Gasteiger partial charge in [0.15, 0.2) is 6.29 Å². The summed E-state index contributed by atoms with van der Waals surface area (Å²) in [7, 11) is 0. The molecule has 15 heavy (non-hydrogen) atoms. The number of hydrogen-bond acceptors (Lipinski definition) is 2. The van der Waals surface area contributed by atoms with Gasteiger partial charge in [-0.2, -0.15) is 0 Å². The molecule has 1 aliphatic rings. The highest BCUT2D eigenvalue weighted by molar-refractivity contribution is 5.16. The van der Waals surface area contributed by atoms with E-state index in [1.807, 2.05) is 36.4 Å². The van der Waals surface area contributed by atoms with Gasteiger partial charge in [0.2, 0.25) is 0 Å². The lowest BCUT2D eigenvalue weighted by molar-refractivity contribution is -0.204. The van der Waals surface area contributed by atoms with Gasteiger partial charge in [0.25, 0.3) is 0 Å². The van der Waals surface area contributed by atoms with E-state index in [2.05, 4.69) is 6.58 Å². The molecule has 1 saturated heterocycles. The highest BCUT2D eigenvalue weighted by Gasteiger charge is 2.22. The van der Waals surface area contributed by atoms with Gasteiger partial charge < -0.3 is 9.47 Å². The first kappa shape index (κ1) is 10.4. The Balaban J connectivity index is 1.91. The molecule has 80 valence electrons. The van der Waals surface area contributed by atoms with E-state index >= 15 is 0 Å². The van der Waals surface area contributed by atoms with Crippen molar-refractivity contribution in [2.45, 2.75) is 12.7 Å². The Morgan fingerprint density at radius 3 is 2.47 bits per heavy atom. The molecule has 0 atom stereocenters. The summed E-state index contributed by atoms with van der Waals surface area (Å²) < 4.78 is 11.3. The van der Waals surface area contributed by atoms with E-state index in [-0.39, 0.29) is 6.29 Å². The third-order valence-corrected chi connectivity index (χ3v) is 2.54. The van der Waals surface area contributed by atoms with Gasteiger partial charge >= 0.3 is 0 Å². The number of hydrogen-bond donors (Lipinski definition) is 0. The summed E-state index contributed by atoms with van der Waals surface area (Å²) in [6, 6.07) is 10.0. The van der Waals surface area contributed by atoms with Crippen molar-refractivity contribution >= 4 is 0 Å². The largest absolute Gasteiger partial charge is 0.348 e. The van der Waals surface area contributed by atoms with E-state index in [0.29, 0.717) is 5.92 Å². The van der Waals surface area contributed by atoms with Crippen LogP contribution in [-0.2, 0) is 9.47 Å². The minimum absolute atomic E-state index is 0.188. The average molecular weight is 204 g/mol. The van der Waals surface area contributed by atoms with Crippen LogP contribution in [-0.4, -0.2) is 13.2 Å². The Bertz CT molecular complexity index is 300. The topological polar surface area (TPSA) is 18.5 Å². The molecular formula is C13H16O2. The van der Waals surface area contributed by atoms with Crippen molar-refractivity contribution < 1.29 is 9.47 Å². The molecule has 1 fully saturated rings. The molecule has 0 N–H and O–H groups in total. The average Bonchev–Trinajstić information content (AvgIpc) is 2.32. The van der Waals surface area contributed by atoms with E-state index in [0.717, 1.165) is 25.2 Å². The molecule has 0 aliphatic carbocycles. The molecule has 2 heteroatoms. The number of ether oxygens (including phenoxy) is 2. The first-order chi connectivity index (χ1) is 7.40. The third kappa shape index (κ3) is 2.67. The number of benzene rings is 1. The van der Waals surface area contributed by atoms with Crippen molar-refractivity contribution in [3.05, 3.63) is 48.6 Å². The van der Waals surface area contributed by atoms with Gasteiger partial charge in [-0.25, -0.2) is 0 Å². The van der Waals surface area contributed by atoms with Gasteiger partial charge in [-0.1, -0.05) is 36.4 Å². The Labute approximate surface area is 90.5 Å². The van der Waals surface area contributed by atoms with Crippen molar-refractivity contribution in [3.63, 3.8) is 0 Å². The number of allylic oxidation sites excluding steroid dienone is 1. The lowest BCUT2D eigenvalue weighted by Crippen LogP contribution is -2.26. The molecule has 0 spiro atoms. The van der Waals surface area contributed by atoms with Crippen LogP contribution >= 0.6 is 0 Å². The Morgan fingerprint density at radius 1 is 1.20 bits per heavy atom. The second kappa shape index (κ2) is 5.10. The molecule has 0 amide bonds. The summed E-state index contributed by atoms with van der Waals surface area (Å²) in [5, 5.41) is 0. The number of rotatable bonds is 3. The van der Waals surface area contributed by atoms with Crippen LogP contribution in [0.3, 0.4) is 0 Å². The highest BCUT2D eigenvalue weighted by Crippen LogP contribution is 2.25. The SMILES string of the molecule is C=CCC1COC(c2ccccc2)OC1. The van der Waals surface area contributed by atoms with Crippen molar-refractivity contribution in [1.29, 1.82) is 0 Å². The summed E-state index contributed by atoms with van der Waals surface area (Å²) in [6.07, 6.45) is 2.69. The summed E-state index contributed by atoms with van der Waals surface area (Å²) in [5.41, 5.74) is 1.09. The molecule has 0 bridgehead atoms. The first-order valence-corrected chi connectivity index (χ1v) is 5.29. The fraction of sp³-hybridized carbons (Fsp3) is 0.385. The van der Waals surface area contributed by atoms with Crippen molar-refractivity contribution in [3.8, 4) is 0 Å². The van der Waals surface area contributed by atoms with E-state index in [9.17, 15) is 0 Å². The minimum Gasteiger partial charge on any atom is -0.348 e. The smallest absolute Gasteiger partial charge is 0.183 e. The van der Waals surface area contributed by atoms with E-state index in [1.165, 1.54) is 0 Å². The Morgan fingerprint density at radius 2 is 1.87 bits per heavy atom. The zero-order valence-electron chi connectivity index (χ0n) is 8.76. The second-order valence-electron chi connectivity index (χ2n) is 3.80. The van der Waals surface area contributed by atoms with Crippen LogP contribution in [0, 0.1) is 5.92 Å². The lowest BCUT2D eigenvalue weighted by atomic mass is 10.1. The zero-order chi connectivity index (χ0) is 10.5. The predicted molar refractivity (Wildman–Crippen MR) is 59.4 cm³/mol. The Hall–Kier alpha value is -1.12. The standard InChI is InChI=1S/C13H16O2/c1-2-6-11-9-14-13(15-10-11)12-7-4-3-5-8-12/h2-5,7-8,11,13H,1,6,9-10H2. The molecule has 0 saturated carbocycles. The lowest BCUT2D eigenvalue weighted by Gasteiger charge is -2.29. The quantitative estimate of drug-likeness (QED) is 0.705. The normalized spacial score (nSPS) is 26.1. The summed E-state index contributed by atoms with van der Waals surface area (Å²) in [5.74, 6) is 0.461. The fourth-order valence-corrected chi connectivity index (χ4v) is 1.72. The summed E-state index contributed by atoms with van der Waals surface area (Å²) >= 11 is 0. The third-order valence-electron chi connectivity index (χ3n) is 2.54. The minimum atomic E-state index is -0.188. The molecule has 2 rings (SSSR count). The molecule has 1 aromatic carbocycles. The predicted octanol–water partition coefficient (Wildman–Crippen LogP) is 2.92. The highest BCUT2D eigenvalue weighted by atomic mass is 16.7. The van der Waals surface area contributed by atoms with Gasteiger partial charge in [0, 0.05) is 11.5 Å². The summed E-state index contributed by atoms with van der Waals surface area (Å²) in [4.78, 5) is 0. The maximum Gasteiger partial charge on any atom is 0.183 e. The van der Waals surface area contributed by atoms with Gasteiger partial charge in [-0.15, -0.1) is 6.58 Å². The molecule has 1 aromatic rings. The fourth-order valence-electron chi connectivity index (χ4n) is 1.72. The zero-order valence-corrected chi connectivity index (χ0v) is 8.76. The van der Waals surface area contributed by atoms with Crippen LogP contribution in [0.5, 0.6) is 0 Å². The van der Waals surface area contributed by atoms with Gasteiger partial charge in [0.1, 0.15) is 0 Å². The van der Waals surface area contributed by atoms with Gasteiger partial charge in [-0.05, 0) is 6.42 Å². The van der Waals surface area contributed by atoms with Gasteiger partial charge in [0.05, 0.1) is 13.2 Å². The molecule has 0 aromatic heterocycles. The molecule has 0 radical (unpaired) electrons. The van der Waals surface area contributed by atoms with Crippen LogP contribution in [0.4, 0.5) is 0 Å². The maximum absolute atomic E-state index is 5.66. The van der Waals surface area contributed by atoms with E-state index in [1.54, 1.807) is 0 Å². The molecule has 1 heterocycles. The van der Waals surface area contributed by atoms with Gasteiger partial charge in [-0.3, -0.25) is 0 Å². The van der Waals surface area contributed by atoms with E-state index in [4.69, 9.17) is 9.47 Å². The summed E-state index contributed by atoms with van der Waals surface area (Å²) in [6.45, 7) is 5.23. The monoisotopic (exact) mass is 204 g/mol. The van der Waals surface area contributed by atoms with Crippen LogP contribution in [0.15, 0.2) is 43.0 Å². The van der Waals surface area contributed by atoms with Crippen LogP contribution in [0.1, 0.15) is 18.3 Å².